The lowest BCUT2D eigenvalue weighted by Crippen LogP contribution is -2.15. The summed E-state index contributed by atoms with van der Waals surface area (Å²) in [5, 5.41) is 0.878. The number of nitrogens with zero attached hydrogens (tertiary/aromatic N) is 3. The Morgan fingerprint density at radius 2 is 2.28 bits per heavy atom. The summed E-state index contributed by atoms with van der Waals surface area (Å²) in [6.45, 7) is 1.96. The molecule has 4 rings (SSSR count). The summed E-state index contributed by atoms with van der Waals surface area (Å²) < 4.78 is 19.0. The second kappa shape index (κ2) is 8.05. The zero-order valence-electron chi connectivity index (χ0n) is 16.5. The zero-order chi connectivity index (χ0) is 20.4. The number of hydrogen-bond acceptors (Lipinski definition) is 5. The summed E-state index contributed by atoms with van der Waals surface area (Å²) in [4.78, 5) is 14.6. The molecule has 0 aliphatic carbocycles. The molecule has 1 aliphatic heterocycles. The fourth-order valence-electron chi connectivity index (χ4n) is 3.65. The minimum atomic E-state index is -0.279. The number of halogens is 1. The number of hydrogen-bond donors (Lipinski definition) is 2. The number of allylic oxidation sites excluding steroid dienone is 1. The van der Waals surface area contributed by atoms with E-state index in [1.54, 1.807) is 18.5 Å². The van der Waals surface area contributed by atoms with E-state index >= 15 is 0 Å². The number of pyridine rings is 1. The highest BCUT2D eigenvalue weighted by Crippen LogP contribution is 2.30. The van der Waals surface area contributed by atoms with Crippen molar-refractivity contribution in [3.63, 3.8) is 0 Å². The number of benzene rings is 1. The van der Waals surface area contributed by atoms with Gasteiger partial charge in [0.1, 0.15) is 11.5 Å². The molecule has 3 N–H and O–H groups in total. The Hall–Kier alpha value is -3.19. The van der Waals surface area contributed by atoms with E-state index < -0.39 is 0 Å². The zero-order valence-corrected chi connectivity index (χ0v) is 16.5. The number of aromatic amines is 1. The minimum absolute atomic E-state index is 0.242. The van der Waals surface area contributed by atoms with E-state index in [1.807, 2.05) is 18.3 Å². The van der Waals surface area contributed by atoms with Crippen molar-refractivity contribution in [3.05, 3.63) is 60.0 Å². The lowest BCUT2D eigenvalue weighted by molar-refractivity contribution is 0.290. The number of rotatable bonds is 5. The Bertz CT molecular complexity index is 1090. The topological polar surface area (TPSA) is 79.5 Å². The molecular formula is C22H24FN5O. The molecule has 1 unspecified atom stereocenters. The number of likely N-dealkylation sites (tertiary alicyclic amines) is 1. The van der Waals surface area contributed by atoms with Crippen molar-refractivity contribution in [2.24, 2.45) is 10.7 Å². The first-order valence-electron chi connectivity index (χ1n) is 9.54. The van der Waals surface area contributed by atoms with Gasteiger partial charge in [0, 0.05) is 41.7 Å². The molecule has 1 aliphatic rings. The Labute approximate surface area is 168 Å². The molecule has 0 saturated carbocycles. The number of nitrogens with two attached hydrogens (primary N) is 1. The SMILES string of the molecule is CO/C(N)=C(/C=NC1CCN(C)C1)c1cnc2[nH]cc(-c3cccc(F)c3)c2c1. The van der Waals surface area contributed by atoms with Crippen molar-refractivity contribution < 1.29 is 9.13 Å². The molecule has 1 atom stereocenters. The third kappa shape index (κ3) is 4.00. The fourth-order valence-corrected chi connectivity index (χ4v) is 3.65. The van der Waals surface area contributed by atoms with Crippen molar-refractivity contribution in [1.82, 2.24) is 14.9 Å². The molecular weight excluding hydrogens is 369 g/mol. The number of aliphatic imine (C=N–C) groups is 1. The number of nitrogens with one attached hydrogen (secondary N) is 1. The average Bonchev–Trinajstić information content (AvgIpc) is 3.33. The largest absolute Gasteiger partial charge is 0.482 e. The van der Waals surface area contributed by atoms with Gasteiger partial charge in [0.2, 0.25) is 0 Å². The van der Waals surface area contributed by atoms with Gasteiger partial charge in [-0.25, -0.2) is 9.37 Å². The highest BCUT2D eigenvalue weighted by Gasteiger charge is 2.18. The molecule has 1 saturated heterocycles. The number of aromatic nitrogens is 2. The van der Waals surface area contributed by atoms with Crippen molar-refractivity contribution in [3.8, 4) is 11.1 Å². The van der Waals surface area contributed by atoms with E-state index in [4.69, 9.17) is 15.5 Å². The number of ether oxygens (including phenoxy) is 1. The first kappa shape index (κ1) is 19.1. The molecule has 3 aromatic rings. The van der Waals surface area contributed by atoms with E-state index in [1.165, 1.54) is 19.2 Å². The monoisotopic (exact) mass is 393 g/mol. The van der Waals surface area contributed by atoms with Gasteiger partial charge in [-0.2, -0.15) is 0 Å². The van der Waals surface area contributed by atoms with Crippen molar-refractivity contribution in [2.45, 2.75) is 12.5 Å². The van der Waals surface area contributed by atoms with Gasteiger partial charge < -0.3 is 20.4 Å². The third-order valence-corrected chi connectivity index (χ3v) is 5.24. The van der Waals surface area contributed by atoms with Crippen LogP contribution in [0.25, 0.3) is 27.7 Å². The van der Waals surface area contributed by atoms with Crippen LogP contribution in [0.15, 0.2) is 53.6 Å². The van der Waals surface area contributed by atoms with Gasteiger partial charge in [0.25, 0.3) is 0 Å². The van der Waals surface area contributed by atoms with Gasteiger partial charge in [0.15, 0.2) is 5.88 Å². The maximum absolute atomic E-state index is 13.7. The summed E-state index contributed by atoms with van der Waals surface area (Å²) in [7, 11) is 3.63. The van der Waals surface area contributed by atoms with E-state index in [-0.39, 0.29) is 17.7 Å². The van der Waals surface area contributed by atoms with Crippen LogP contribution in [0.3, 0.4) is 0 Å². The quantitative estimate of drug-likeness (QED) is 0.514. The van der Waals surface area contributed by atoms with Crippen LogP contribution in [0.2, 0.25) is 0 Å². The number of methoxy groups -OCH3 is 1. The first-order valence-corrected chi connectivity index (χ1v) is 9.54. The predicted molar refractivity (Wildman–Crippen MR) is 114 cm³/mol. The molecule has 2 aromatic heterocycles. The van der Waals surface area contributed by atoms with Gasteiger partial charge >= 0.3 is 0 Å². The van der Waals surface area contributed by atoms with E-state index in [9.17, 15) is 4.39 Å². The lowest BCUT2D eigenvalue weighted by atomic mass is 10.0. The molecule has 7 heteroatoms. The lowest BCUT2D eigenvalue weighted by Gasteiger charge is -2.09. The van der Waals surface area contributed by atoms with Crippen LogP contribution in [0.4, 0.5) is 4.39 Å². The predicted octanol–water partition coefficient (Wildman–Crippen LogP) is 3.42. The van der Waals surface area contributed by atoms with Gasteiger partial charge in [-0.3, -0.25) is 4.99 Å². The summed E-state index contributed by atoms with van der Waals surface area (Å²) in [6.07, 6.45) is 6.37. The Kier molecular flexibility index (Phi) is 5.31. The Morgan fingerprint density at radius 3 is 3.00 bits per heavy atom. The summed E-state index contributed by atoms with van der Waals surface area (Å²) in [6, 6.07) is 8.72. The fraction of sp³-hybridized carbons (Fsp3) is 0.273. The van der Waals surface area contributed by atoms with Crippen LogP contribution in [0.1, 0.15) is 12.0 Å². The van der Waals surface area contributed by atoms with Crippen molar-refractivity contribution in [2.75, 3.05) is 27.2 Å². The highest BCUT2D eigenvalue weighted by molar-refractivity contribution is 6.11. The highest BCUT2D eigenvalue weighted by atomic mass is 19.1. The van der Waals surface area contributed by atoms with E-state index in [2.05, 4.69) is 21.9 Å². The second-order valence-corrected chi connectivity index (χ2v) is 7.30. The Balaban J connectivity index is 1.74. The molecule has 150 valence electrons. The minimum Gasteiger partial charge on any atom is -0.482 e. The van der Waals surface area contributed by atoms with Crippen LogP contribution >= 0.6 is 0 Å². The molecule has 0 radical (unpaired) electrons. The van der Waals surface area contributed by atoms with Crippen LogP contribution in [0, 0.1) is 5.82 Å². The summed E-state index contributed by atoms with van der Waals surface area (Å²) in [5.74, 6) is 0.00272. The molecule has 1 fully saturated rings. The van der Waals surface area contributed by atoms with E-state index in [0.29, 0.717) is 5.57 Å². The van der Waals surface area contributed by atoms with Crippen LogP contribution in [0.5, 0.6) is 0 Å². The number of fused-ring (bicyclic) bond motifs is 1. The van der Waals surface area contributed by atoms with E-state index in [0.717, 1.165) is 47.2 Å². The van der Waals surface area contributed by atoms with Gasteiger partial charge in [0.05, 0.1) is 18.7 Å². The first-order chi connectivity index (χ1) is 14.0. The number of H-pyrrole nitrogens is 1. The smallest absolute Gasteiger partial charge is 0.193 e. The molecule has 0 spiro atoms. The molecule has 0 bridgehead atoms. The van der Waals surface area contributed by atoms with Crippen molar-refractivity contribution in [1.29, 1.82) is 0 Å². The standard InChI is InChI=1S/C22H24FN5O/c1-28-7-6-17(13-28)25-12-20(21(24)29-2)15-9-18-19(11-27-22(18)26-10-15)14-4-3-5-16(23)8-14/h3-5,8-12,17H,6-7,13,24H2,1-2H3,(H,26,27)/b21-20-,25-12?. The third-order valence-electron chi connectivity index (χ3n) is 5.24. The van der Waals surface area contributed by atoms with Crippen LogP contribution in [-0.4, -0.2) is 54.4 Å². The average molecular weight is 393 g/mol. The molecule has 0 amide bonds. The molecule has 3 heterocycles. The van der Waals surface area contributed by atoms with Crippen molar-refractivity contribution >= 4 is 22.8 Å². The maximum Gasteiger partial charge on any atom is 0.193 e. The van der Waals surface area contributed by atoms with Crippen LogP contribution < -0.4 is 5.73 Å². The molecule has 29 heavy (non-hydrogen) atoms. The normalized spacial score (nSPS) is 18.5. The number of likely N-dealkylation sites (N-methyl/N-ethyl adjacent to an activating group) is 1. The maximum atomic E-state index is 13.7. The Morgan fingerprint density at radius 1 is 1.41 bits per heavy atom. The molecule has 6 nitrogen and oxygen atoms in total. The van der Waals surface area contributed by atoms with Crippen LogP contribution in [-0.2, 0) is 4.74 Å². The molecule has 1 aromatic carbocycles. The van der Waals surface area contributed by atoms with Gasteiger partial charge in [-0.05, 0) is 43.8 Å². The van der Waals surface area contributed by atoms with Gasteiger partial charge in [-0.1, -0.05) is 12.1 Å². The second-order valence-electron chi connectivity index (χ2n) is 7.30. The summed E-state index contributed by atoms with van der Waals surface area (Å²) in [5.41, 5.74) is 9.97. The summed E-state index contributed by atoms with van der Waals surface area (Å²) >= 11 is 0. The van der Waals surface area contributed by atoms with Gasteiger partial charge in [-0.15, -0.1) is 0 Å².